The molecule has 2 N–H and O–H groups in total. The highest BCUT2D eigenvalue weighted by molar-refractivity contribution is 7.89. The average Bonchev–Trinajstić information content (AvgIpc) is 3.25. The van der Waals surface area contributed by atoms with E-state index in [1.807, 2.05) is 0 Å². The number of amides is 1. The van der Waals surface area contributed by atoms with Crippen LogP contribution in [0, 0.1) is 22.9 Å². The third-order valence-corrected chi connectivity index (χ3v) is 7.89. The van der Waals surface area contributed by atoms with Gasteiger partial charge in [-0.15, -0.1) is 0 Å². The molecule has 1 amide bonds. The van der Waals surface area contributed by atoms with E-state index in [9.17, 15) is 27.7 Å². The van der Waals surface area contributed by atoms with E-state index in [0.717, 1.165) is 18.2 Å². The van der Waals surface area contributed by atoms with Crippen molar-refractivity contribution >= 4 is 38.9 Å². The van der Waals surface area contributed by atoms with Gasteiger partial charge in [-0.25, -0.2) is 17.5 Å². The third-order valence-electron chi connectivity index (χ3n) is 6.04. The lowest BCUT2D eigenvalue weighted by molar-refractivity contribution is -0.385. The average molecular weight is 602 g/mol. The van der Waals surface area contributed by atoms with Gasteiger partial charge in [0, 0.05) is 34.4 Å². The number of hydrogen-bond acceptors (Lipinski definition) is 7. The molecule has 4 aromatic rings. The Balaban J connectivity index is 1.84. The number of rotatable bonds is 10. The van der Waals surface area contributed by atoms with Crippen molar-refractivity contribution in [3.63, 3.8) is 0 Å². The number of non-ortho nitro benzene ring substituents is 1. The van der Waals surface area contributed by atoms with Crippen LogP contribution in [-0.4, -0.2) is 35.1 Å². The molecule has 0 radical (unpaired) electrons. The number of ether oxygens (including phenoxy) is 1. The van der Waals surface area contributed by atoms with Crippen LogP contribution in [0.15, 0.2) is 71.6 Å². The maximum absolute atomic E-state index is 13.3. The first-order valence-corrected chi connectivity index (χ1v) is 14.2. The summed E-state index contributed by atoms with van der Waals surface area (Å²) in [4.78, 5) is 23.5. The quantitative estimate of drug-likeness (QED) is 0.167. The molecule has 0 saturated carbocycles. The van der Waals surface area contributed by atoms with E-state index in [2.05, 4.69) is 15.1 Å². The molecular weight excluding hydrogens is 577 g/mol. The minimum absolute atomic E-state index is 0.0367. The van der Waals surface area contributed by atoms with Gasteiger partial charge in [0.25, 0.3) is 11.6 Å². The van der Waals surface area contributed by atoms with E-state index < -0.39 is 43.3 Å². The number of sulfonamides is 1. The highest BCUT2D eigenvalue weighted by atomic mass is 35.5. The molecule has 0 aliphatic rings. The number of aromatic nitrogens is 2. The number of hydrogen-bond donors (Lipinski definition) is 2. The van der Waals surface area contributed by atoms with Crippen molar-refractivity contribution < 1.29 is 27.3 Å². The van der Waals surface area contributed by atoms with Crippen molar-refractivity contribution in [2.75, 3.05) is 5.32 Å². The van der Waals surface area contributed by atoms with Gasteiger partial charge in [0.1, 0.15) is 16.5 Å². The zero-order chi connectivity index (χ0) is 29.9. The fourth-order valence-corrected chi connectivity index (χ4v) is 5.40. The Hall–Kier alpha value is -4.33. The lowest BCUT2D eigenvalue weighted by Crippen LogP contribution is -2.32. The molecular formula is C27H25ClFN5O6S. The molecule has 0 bridgehead atoms. The molecule has 0 aliphatic carbocycles. The second-order valence-corrected chi connectivity index (χ2v) is 11.2. The van der Waals surface area contributed by atoms with Crippen LogP contribution in [0.5, 0.6) is 11.6 Å². The number of carbonyl (C=O) groups is 1. The van der Waals surface area contributed by atoms with Crippen LogP contribution in [0.4, 0.5) is 15.8 Å². The topological polar surface area (TPSA) is 145 Å². The van der Waals surface area contributed by atoms with Crippen LogP contribution in [0.2, 0.25) is 5.02 Å². The van der Waals surface area contributed by atoms with Crippen LogP contribution in [0.3, 0.4) is 0 Å². The van der Waals surface area contributed by atoms with Crippen LogP contribution in [-0.2, 0) is 10.0 Å². The summed E-state index contributed by atoms with van der Waals surface area (Å²) >= 11 is 6.19. The van der Waals surface area contributed by atoms with Gasteiger partial charge in [-0.3, -0.25) is 14.9 Å². The van der Waals surface area contributed by atoms with Crippen LogP contribution >= 0.6 is 11.6 Å². The second kappa shape index (κ2) is 12.0. The summed E-state index contributed by atoms with van der Waals surface area (Å²) in [5.41, 5.74) is 0.395. The first-order valence-electron chi connectivity index (χ1n) is 12.3. The molecule has 0 saturated heterocycles. The molecule has 14 heteroatoms. The number of anilines is 1. The van der Waals surface area contributed by atoms with E-state index in [1.54, 1.807) is 45.0 Å². The Bertz CT molecular complexity index is 1730. The third kappa shape index (κ3) is 6.70. The summed E-state index contributed by atoms with van der Waals surface area (Å²) in [7, 11) is -4.27. The van der Waals surface area contributed by atoms with Gasteiger partial charge < -0.3 is 10.1 Å². The fourth-order valence-electron chi connectivity index (χ4n) is 3.74. The number of nitrogens with one attached hydrogen (secondary N) is 2. The van der Waals surface area contributed by atoms with Gasteiger partial charge >= 0.3 is 0 Å². The van der Waals surface area contributed by atoms with Gasteiger partial charge in [-0.2, -0.15) is 9.78 Å². The van der Waals surface area contributed by atoms with Crippen molar-refractivity contribution in [3.05, 3.63) is 98.9 Å². The predicted octanol–water partition coefficient (Wildman–Crippen LogP) is 6.00. The normalized spacial score (nSPS) is 12.1. The molecule has 41 heavy (non-hydrogen) atoms. The Labute approximate surface area is 240 Å². The Kier molecular flexibility index (Phi) is 8.71. The Morgan fingerprint density at radius 3 is 2.51 bits per heavy atom. The van der Waals surface area contributed by atoms with Gasteiger partial charge in [0.05, 0.1) is 10.6 Å². The molecule has 1 heterocycles. The van der Waals surface area contributed by atoms with Crippen molar-refractivity contribution in [2.45, 2.75) is 38.1 Å². The number of nitrogens with zero attached hydrogens (tertiary/aromatic N) is 3. The molecule has 0 spiro atoms. The maximum Gasteiger partial charge on any atom is 0.276 e. The van der Waals surface area contributed by atoms with E-state index in [-0.39, 0.29) is 22.9 Å². The van der Waals surface area contributed by atoms with Crippen LogP contribution in [0.25, 0.3) is 5.69 Å². The lowest BCUT2D eigenvalue weighted by atomic mass is 10.2. The number of carbonyl (C=O) groups excluding carboxylic acids is 1. The molecule has 214 valence electrons. The molecule has 3 aromatic carbocycles. The number of halogens is 2. The van der Waals surface area contributed by atoms with E-state index in [4.69, 9.17) is 16.3 Å². The Morgan fingerprint density at radius 2 is 1.88 bits per heavy atom. The zero-order valence-corrected chi connectivity index (χ0v) is 23.7. The SMILES string of the molecule is CC[C@H](C)NS(=O)(=O)c1cc([N+](=O)[O-])ccc1Oc1c(C)c(C(=O)Nc2ccc(F)cc2)nn1-c1cccc(Cl)c1. The maximum atomic E-state index is 13.3. The number of nitro benzene ring substituents is 1. The summed E-state index contributed by atoms with van der Waals surface area (Å²) in [6, 6.07) is 14.3. The smallest absolute Gasteiger partial charge is 0.276 e. The largest absolute Gasteiger partial charge is 0.437 e. The van der Waals surface area contributed by atoms with Gasteiger partial charge in [0.15, 0.2) is 5.69 Å². The van der Waals surface area contributed by atoms with Crippen LogP contribution < -0.4 is 14.8 Å². The van der Waals surface area contributed by atoms with E-state index in [0.29, 0.717) is 22.8 Å². The molecule has 1 atom stereocenters. The van der Waals surface area contributed by atoms with Crippen molar-refractivity contribution in [3.8, 4) is 17.3 Å². The molecule has 1 aromatic heterocycles. The van der Waals surface area contributed by atoms with Crippen molar-refractivity contribution in [1.29, 1.82) is 0 Å². The Morgan fingerprint density at radius 1 is 1.17 bits per heavy atom. The number of benzene rings is 3. The minimum Gasteiger partial charge on any atom is -0.437 e. The summed E-state index contributed by atoms with van der Waals surface area (Å²) in [5.74, 6) is -1.39. The second-order valence-electron chi connectivity index (χ2n) is 9.05. The lowest BCUT2D eigenvalue weighted by Gasteiger charge is -2.16. The number of nitro groups is 1. The molecule has 0 unspecified atom stereocenters. The van der Waals surface area contributed by atoms with Gasteiger partial charge in [-0.05, 0) is 68.8 Å². The fraction of sp³-hybridized carbons (Fsp3) is 0.185. The monoisotopic (exact) mass is 601 g/mol. The zero-order valence-electron chi connectivity index (χ0n) is 22.1. The standard InChI is InChI=1S/C27H25ClFN5O6S/c1-4-16(2)32-41(38,39)24-15-22(34(36)37)12-13-23(24)40-27-17(3)25(26(35)30-20-10-8-19(29)9-11-20)31-33(27)21-7-5-6-18(28)14-21/h5-16,32H,4H2,1-3H3,(H,30,35)/t16-/m0/s1. The van der Waals surface area contributed by atoms with Gasteiger partial charge in [-0.1, -0.05) is 24.6 Å². The minimum atomic E-state index is -4.27. The first-order chi connectivity index (χ1) is 19.4. The van der Waals surface area contributed by atoms with Gasteiger partial charge in [0.2, 0.25) is 15.9 Å². The molecule has 11 nitrogen and oxygen atoms in total. The predicted molar refractivity (Wildman–Crippen MR) is 151 cm³/mol. The highest BCUT2D eigenvalue weighted by Gasteiger charge is 2.28. The summed E-state index contributed by atoms with van der Waals surface area (Å²) in [6.45, 7) is 4.98. The molecule has 0 aliphatic heterocycles. The highest BCUT2D eigenvalue weighted by Crippen LogP contribution is 2.36. The van der Waals surface area contributed by atoms with Crippen LogP contribution in [0.1, 0.15) is 36.3 Å². The van der Waals surface area contributed by atoms with Crippen molar-refractivity contribution in [1.82, 2.24) is 14.5 Å². The summed E-state index contributed by atoms with van der Waals surface area (Å²) in [5, 5.41) is 18.9. The summed E-state index contributed by atoms with van der Waals surface area (Å²) < 4.78 is 49.7. The molecule has 4 rings (SSSR count). The summed E-state index contributed by atoms with van der Waals surface area (Å²) in [6.07, 6.45) is 0.470. The first kappa shape index (κ1) is 29.6. The van der Waals surface area contributed by atoms with E-state index in [1.165, 1.54) is 28.9 Å². The van der Waals surface area contributed by atoms with E-state index >= 15 is 0 Å². The molecule has 0 fully saturated rings. The van der Waals surface area contributed by atoms with Crippen molar-refractivity contribution in [2.24, 2.45) is 0 Å².